The highest BCUT2D eigenvalue weighted by Crippen LogP contribution is 2.30. The fourth-order valence-electron chi connectivity index (χ4n) is 2.11. The minimum absolute atomic E-state index is 0.0434. The van der Waals surface area contributed by atoms with Gasteiger partial charge in [-0.3, -0.25) is 4.68 Å². The van der Waals surface area contributed by atoms with E-state index in [1.807, 2.05) is 6.92 Å². The zero-order valence-electron chi connectivity index (χ0n) is 11.0. The predicted molar refractivity (Wildman–Crippen MR) is 73.9 cm³/mol. The van der Waals surface area contributed by atoms with Crippen molar-refractivity contribution >= 4 is 34.5 Å². The first-order chi connectivity index (χ1) is 9.37. The van der Waals surface area contributed by atoms with Crippen LogP contribution >= 0.6 is 23.4 Å². The van der Waals surface area contributed by atoms with Crippen molar-refractivity contribution in [3.8, 4) is 0 Å². The molecule has 0 bridgehead atoms. The molecule has 2 heterocycles. The summed E-state index contributed by atoms with van der Waals surface area (Å²) < 4.78 is 40.0. The zero-order valence-corrected chi connectivity index (χ0v) is 12.6. The molecule has 0 aliphatic carbocycles. The van der Waals surface area contributed by atoms with E-state index in [4.69, 9.17) is 11.6 Å². The van der Waals surface area contributed by atoms with Crippen LogP contribution in [0.25, 0.3) is 11.2 Å². The third-order valence-corrected chi connectivity index (χ3v) is 3.86. The minimum atomic E-state index is -4.22. The van der Waals surface area contributed by atoms with Gasteiger partial charge in [0, 0.05) is 19.3 Å². The van der Waals surface area contributed by atoms with Crippen LogP contribution in [-0.2, 0) is 25.9 Å². The number of hydrogen-bond acceptors (Lipinski definition) is 3. The van der Waals surface area contributed by atoms with E-state index in [1.165, 1.54) is 0 Å². The summed E-state index contributed by atoms with van der Waals surface area (Å²) in [7, 11) is 1.76. The highest BCUT2D eigenvalue weighted by Gasteiger charge is 2.28. The van der Waals surface area contributed by atoms with Gasteiger partial charge in [0.05, 0.1) is 11.6 Å². The molecule has 2 aromatic heterocycles. The normalized spacial score (nSPS) is 12.5. The van der Waals surface area contributed by atoms with Crippen molar-refractivity contribution in [2.24, 2.45) is 7.05 Å². The van der Waals surface area contributed by atoms with E-state index < -0.39 is 5.51 Å². The summed E-state index contributed by atoms with van der Waals surface area (Å²) in [6, 6.07) is 0. The fraction of sp³-hybridized carbons (Fsp3) is 0.636. The second kappa shape index (κ2) is 5.85. The Hall–Kier alpha value is -0.890. The van der Waals surface area contributed by atoms with Gasteiger partial charge in [0.2, 0.25) is 0 Å². The van der Waals surface area contributed by atoms with E-state index in [1.54, 1.807) is 16.3 Å². The summed E-state index contributed by atoms with van der Waals surface area (Å²) in [6.45, 7) is 2.16. The second-order valence-corrected chi connectivity index (χ2v) is 5.63. The summed E-state index contributed by atoms with van der Waals surface area (Å²) in [5.74, 6) is 0.659. The molecule has 112 valence electrons. The Morgan fingerprint density at radius 2 is 2.05 bits per heavy atom. The van der Waals surface area contributed by atoms with E-state index in [0.29, 0.717) is 12.2 Å². The number of halogens is 4. The second-order valence-electron chi connectivity index (χ2n) is 4.20. The van der Waals surface area contributed by atoms with Gasteiger partial charge >= 0.3 is 5.51 Å². The smallest absolute Gasteiger partial charge is 0.311 e. The predicted octanol–water partition coefficient (Wildman–Crippen LogP) is 3.32. The third kappa shape index (κ3) is 3.06. The number of imidazole rings is 1. The average Bonchev–Trinajstić information content (AvgIpc) is 2.86. The number of aryl methyl sites for hydroxylation is 3. The maximum atomic E-state index is 12.2. The van der Waals surface area contributed by atoms with Crippen molar-refractivity contribution in [2.45, 2.75) is 31.3 Å². The lowest BCUT2D eigenvalue weighted by Gasteiger charge is -2.09. The summed E-state index contributed by atoms with van der Waals surface area (Å²) in [5, 5.41) is 4.32. The van der Waals surface area contributed by atoms with Crippen LogP contribution in [0.1, 0.15) is 18.4 Å². The van der Waals surface area contributed by atoms with Crippen LogP contribution in [-0.4, -0.2) is 30.6 Å². The Kier molecular flexibility index (Phi) is 4.53. The topological polar surface area (TPSA) is 35.6 Å². The Morgan fingerprint density at radius 3 is 2.60 bits per heavy atom. The van der Waals surface area contributed by atoms with Gasteiger partial charge in [-0.1, -0.05) is 6.92 Å². The van der Waals surface area contributed by atoms with E-state index >= 15 is 0 Å². The molecule has 0 aliphatic heterocycles. The number of alkyl halides is 4. The van der Waals surface area contributed by atoms with Crippen molar-refractivity contribution < 1.29 is 13.2 Å². The lowest BCUT2D eigenvalue weighted by atomic mass is 10.3. The van der Waals surface area contributed by atoms with Crippen molar-refractivity contribution in [1.29, 1.82) is 0 Å². The molecule has 0 radical (unpaired) electrons. The van der Waals surface area contributed by atoms with E-state index in [2.05, 4.69) is 10.1 Å². The molecule has 2 aromatic rings. The quantitative estimate of drug-likeness (QED) is 0.791. The molecule has 0 unspecified atom stereocenters. The number of nitrogens with zero attached hydrogens (tertiary/aromatic N) is 4. The largest absolute Gasteiger partial charge is 0.441 e. The molecule has 4 nitrogen and oxygen atoms in total. The molecular formula is C11H14ClF3N4S. The summed E-state index contributed by atoms with van der Waals surface area (Å²) >= 11 is 5.79. The molecule has 0 spiro atoms. The summed E-state index contributed by atoms with van der Waals surface area (Å²) in [5.41, 5.74) is -1.94. The SMILES string of the molecule is CCc1nn(C)c2c1nc(CCl)n2CCSC(F)(F)F. The fourth-order valence-corrected chi connectivity index (χ4v) is 2.82. The molecule has 0 fully saturated rings. The van der Waals surface area contributed by atoms with E-state index in [-0.39, 0.29) is 29.9 Å². The maximum Gasteiger partial charge on any atom is 0.441 e. The Labute approximate surface area is 123 Å². The Morgan fingerprint density at radius 1 is 1.35 bits per heavy atom. The number of fused-ring (bicyclic) bond motifs is 1. The van der Waals surface area contributed by atoms with Gasteiger partial charge in [-0.25, -0.2) is 4.98 Å². The van der Waals surface area contributed by atoms with Gasteiger partial charge < -0.3 is 4.57 Å². The minimum Gasteiger partial charge on any atom is -0.311 e. The van der Waals surface area contributed by atoms with Gasteiger partial charge in [0.1, 0.15) is 11.3 Å². The van der Waals surface area contributed by atoms with Crippen LogP contribution in [0.2, 0.25) is 0 Å². The average molecular weight is 327 g/mol. The standard InChI is InChI=1S/C11H14ClF3N4S/c1-3-7-9-10(18(2)17-7)19(8(6-12)16-9)4-5-20-11(13,14)15/h3-6H2,1-2H3. The van der Waals surface area contributed by atoms with E-state index in [0.717, 1.165) is 16.9 Å². The van der Waals surface area contributed by atoms with Crippen LogP contribution < -0.4 is 0 Å². The number of thioether (sulfide) groups is 1. The van der Waals surface area contributed by atoms with Crippen molar-refractivity contribution in [2.75, 3.05) is 5.75 Å². The van der Waals surface area contributed by atoms with Crippen molar-refractivity contribution in [3.63, 3.8) is 0 Å². The zero-order chi connectivity index (χ0) is 14.9. The molecule has 20 heavy (non-hydrogen) atoms. The van der Waals surface area contributed by atoms with Crippen LogP contribution in [0.4, 0.5) is 13.2 Å². The lowest BCUT2D eigenvalue weighted by molar-refractivity contribution is -0.0328. The molecule has 0 saturated heterocycles. The molecule has 0 saturated carbocycles. The number of aromatic nitrogens is 4. The first-order valence-corrected chi connectivity index (χ1v) is 7.57. The van der Waals surface area contributed by atoms with Crippen molar-refractivity contribution in [1.82, 2.24) is 19.3 Å². The van der Waals surface area contributed by atoms with Crippen LogP contribution in [0.3, 0.4) is 0 Å². The summed E-state index contributed by atoms with van der Waals surface area (Å²) in [6.07, 6.45) is 0.716. The van der Waals surface area contributed by atoms with Crippen LogP contribution in [0.5, 0.6) is 0 Å². The van der Waals surface area contributed by atoms with Gasteiger partial charge in [-0.2, -0.15) is 18.3 Å². The Balaban J connectivity index is 2.33. The lowest BCUT2D eigenvalue weighted by Crippen LogP contribution is -2.11. The van der Waals surface area contributed by atoms with Gasteiger partial charge in [0.25, 0.3) is 0 Å². The van der Waals surface area contributed by atoms with Crippen LogP contribution in [0, 0.1) is 0 Å². The van der Waals surface area contributed by atoms with Gasteiger partial charge in [-0.15, -0.1) is 11.6 Å². The molecule has 9 heteroatoms. The van der Waals surface area contributed by atoms with E-state index in [9.17, 15) is 13.2 Å². The molecule has 0 aromatic carbocycles. The molecule has 0 N–H and O–H groups in total. The first kappa shape index (κ1) is 15.5. The molecular weight excluding hydrogens is 313 g/mol. The number of rotatable bonds is 5. The molecule has 0 amide bonds. The summed E-state index contributed by atoms with van der Waals surface area (Å²) in [4.78, 5) is 4.40. The Bertz CT molecular complexity index is 605. The van der Waals surface area contributed by atoms with Gasteiger partial charge in [-0.05, 0) is 18.2 Å². The molecule has 2 rings (SSSR count). The van der Waals surface area contributed by atoms with Gasteiger partial charge in [0.15, 0.2) is 5.65 Å². The highest BCUT2D eigenvalue weighted by molar-refractivity contribution is 8.00. The monoisotopic (exact) mass is 326 g/mol. The van der Waals surface area contributed by atoms with Crippen LogP contribution in [0.15, 0.2) is 0 Å². The molecule has 0 aliphatic rings. The first-order valence-electron chi connectivity index (χ1n) is 6.05. The molecule has 0 atom stereocenters. The number of hydrogen-bond donors (Lipinski definition) is 0. The van der Waals surface area contributed by atoms with Crippen molar-refractivity contribution in [3.05, 3.63) is 11.5 Å². The highest BCUT2D eigenvalue weighted by atomic mass is 35.5. The maximum absolute atomic E-state index is 12.2. The third-order valence-electron chi connectivity index (χ3n) is 2.91.